The predicted octanol–water partition coefficient (Wildman–Crippen LogP) is 2.30. The van der Waals surface area contributed by atoms with Crippen molar-refractivity contribution < 1.29 is 9.59 Å². The summed E-state index contributed by atoms with van der Waals surface area (Å²) in [5.41, 5.74) is 0.544. The quantitative estimate of drug-likeness (QED) is 0.807. The number of hydrogen-bond acceptors (Lipinski definition) is 2. The molecule has 0 radical (unpaired) electrons. The molecule has 1 fully saturated rings. The Bertz CT molecular complexity index is 473. The first kappa shape index (κ1) is 15.1. The molecule has 2 heterocycles. The topological polar surface area (TPSA) is 65.2 Å². The molecule has 1 aromatic rings. The molecule has 5 nitrogen and oxygen atoms in total. The summed E-state index contributed by atoms with van der Waals surface area (Å²) >= 11 is 3.29. The Balaban J connectivity index is 1.68. The van der Waals surface area contributed by atoms with Crippen LogP contribution < -0.4 is 5.32 Å². The summed E-state index contributed by atoms with van der Waals surface area (Å²) in [4.78, 5) is 28.4. The van der Waals surface area contributed by atoms with Gasteiger partial charge < -0.3 is 15.2 Å². The second-order valence-electron chi connectivity index (χ2n) is 5.03. The molecule has 2 rings (SSSR count). The maximum absolute atomic E-state index is 11.8. The van der Waals surface area contributed by atoms with Crippen LogP contribution in [0.25, 0.3) is 0 Å². The summed E-state index contributed by atoms with van der Waals surface area (Å²) in [5, 5.41) is 2.85. The van der Waals surface area contributed by atoms with Gasteiger partial charge in [0.25, 0.3) is 5.91 Å². The highest BCUT2D eigenvalue weighted by Crippen LogP contribution is 2.12. The number of nitrogens with one attached hydrogen (secondary N) is 2. The van der Waals surface area contributed by atoms with Gasteiger partial charge in [0.15, 0.2) is 0 Å². The zero-order valence-electron chi connectivity index (χ0n) is 11.5. The first-order chi connectivity index (χ1) is 9.66. The Hall–Kier alpha value is -1.30. The fourth-order valence-electron chi connectivity index (χ4n) is 2.34. The van der Waals surface area contributed by atoms with Gasteiger partial charge in [0.2, 0.25) is 5.91 Å². The van der Waals surface area contributed by atoms with Crippen LogP contribution >= 0.6 is 15.9 Å². The first-order valence-electron chi connectivity index (χ1n) is 7.07. The van der Waals surface area contributed by atoms with Crippen molar-refractivity contribution >= 4 is 27.7 Å². The third-order valence-electron chi connectivity index (χ3n) is 3.45. The Kier molecular flexibility index (Phi) is 5.64. The average Bonchev–Trinajstić information content (AvgIpc) is 2.76. The van der Waals surface area contributed by atoms with Crippen molar-refractivity contribution in [3.63, 3.8) is 0 Å². The lowest BCUT2D eigenvalue weighted by molar-refractivity contribution is -0.130. The van der Waals surface area contributed by atoms with Gasteiger partial charge in [-0.25, -0.2) is 0 Å². The Morgan fingerprint density at radius 1 is 1.40 bits per heavy atom. The average molecular weight is 342 g/mol. The number of amides is 2. The van der Waals surface area contributed by atoms with Crippen molar-refractivity contribution in [2.45, 2.75) is 32.1 Å². The number of rotatable bonds is 5. The van der Waals surface area contributed by atoms with Gasteiger partial charge in [0, 0.05) is 36.7 Å². The van der Waals surface area contributed by atoms with Crippen molar-refractivity contribution in [2.24, 2.45) is 0 Å². The smallest absolute Gasteiger partial charge is 0.267 e. The van der Waals surface area contributed by atoms with Gasteiger partial charge in [-0.2, -0.15) is 0 Å². The molecule has 0 unspecified atom stereocenters. The molecule has 110 valence electrons. The minimum atomic E-state index is -0.113. The van der Waals surface area contributed by atoms with E-state index in [4.69, 9.17) is 0 Å². The molecular weight excluding hydrogens is 322 g/mol. The van der Waals surface area contributed by atoms with Crippen molar-refractivity contribution in [1.29, 1.82) is 0 Å². The summed E-state index contributed by atoms with van der Waals surface area (Å²) in [6.45, 7) is 2.17. The molecule has 2 amide bonds. The second-order valence-corrected chi connectivity index (χ2v) is 5.95. The molecule has 0 spiro atoms. The molecule has 0 saturated carbocycles. The van der Waals surface area contributed by atoms with Crippen LogP contribution in [0.5, 0.6) is 0 Å². The van der Waals surface area contributed by atoms with Gasteiger partial charge in [-0.05, 0) is 41.3 Å². The van der Waals surface area contributed by atoms with E-state index in [-0.39, 0.29) is 11.8 Å². The molecule has 0 atom stereocenters. The minimum Gasteiger partial charge on any atom is -0.356 e. The number of carbonyl (C=O) groups excluding carboxylic acids is 2. The first-order valence-corrected chi connectivity index (χ1v) is 7.86. The van der Waals surface area contributed by atoms with Crippen LogP contribution in [-0.4, -0.2) is 41.3 Å². The fourth-order valence-corrected chi connectivity index (χ4v) is 2.68. The highest BCUT2D eigenvalue weighted by Gasteiger charge is 2.15. The summed E-state index contributed by atoms with van der Waals surface area (Å²) in [5.74, 6) is 0.139. The van der Waals surface area contributed by atoms with Crippen LogP contribution in [0.3, 0.4) is 0 Å². The third-order valence-corrected chi connectivity index (χ3v) is 3.91. The highest BCUT2D eigenvalue weighted by molar-refractivity contribution is 9.10. The molecule has 1 aromatic heterocycles. The number of H-pyrrole nitrogens is 1. The molecule has 0 aliphatic carbocycles. The Morgan fingerprint density at radius 3 is 3.00 bits per heavy atom. The maximum Gasteiger partial charge on any atom is 0.267 e. The summed E-state index contributed by atoms with van der Waals surface area (Å²) in [6, 6.07) is 1.74. The van der Waals surface area contributed by atoms with Crippen molar-refractivity contribution in [2.75, 3.05) is 19.6 Å². The van der Waals surface area contributed by atoms with E-state index in [0.717, 1.165) is 43.2 Å². The lowest BCUT2D eigenvalue weighted by Gasteiger charge is -2.20. The van der Waals surface area contributed by atoms with Crippen molar-refractivity contribution in [3.05, 3.63) is 22.4 Å². The molecule has 2 N–H and O–H groups in total. The summed E-state index contributed by atoms with van der Waals surface area (Å²) in [6.07, 6.45) is 6.43. The van der Waals surface area contributed by atoms with Gasteiger partial charge in [0.05, 0.1) is 0 Å². The normalized spacial score (nSPS) is 16.1. The summed E-state index contributed by atoms with van der Waals surface area (Å²) < 4.78 is 0.859. The van der Waals surface area contributed by atoms with E-state index >= 15 is 0 Å². The lowest BCUT2D eigenvalue weighted by atomic mass is 10.2. The van der Waals surface area contributed by atoms with E-state index in [0.29, 0.717) is 18.7 Å². The minimum absolute atomic E-state index is 0.113. The van der Waals surface area contributed by atoms with E-state index in [1.54, 1.807) is 12.3 Å². The van der Waals surface area contributed by atoms with E-state index in [2.05, 4.69) is 26.2 Å². The van der Waals surface area contributed by atoms with E-state index in [1.165, 1.54) is 0 Å². The van der Waals surface area contributed by atoms with Crippen LogP contribution in [0.15, 0.2) is 16.7 Å². The van der Waals surface area contributed by atoms with E-state index in [1.807, 2.05) is 4.90 Å². The summed E-state index contributed by atoms with van der Waals surface area (Å²) in [7, 11) is 0. The Labute approximate surface area is 127 Å². The fraction of sp³-hybridized carbons (Fsp3) is 0.571. The highest BCUT2D eigenvalue weighted by atomic mass is 79.9. The number of hydrogen-bond donors (Lipinski definition) is 2. The largest absolute Gasteiger partial charge is 0.356 e. The van der Waals surface area contributed by atoms with Crippen molar-refractivity contribution in [3.8, 4) is 0 Å². The standard InChI is InChI=1S/C14H20BrN3O2/c15-11-9-12(17-10-11)14(20)16-6-4-8-18-7-3-1-2-5-13(18)19/h9-10,17H,1-8H2,(H,16,20). The number of aromatic amines is 1. The SMILES string of the molecule is O=C(NCCCN1CCCCCC1=O)c1cc(Br)c[nH]1. The molecule has 1 aliphatic heterocycles. The Morgan fingerprint density at radius 2 is 2.25 bits per heavy atom. The number of nitrogens with zero attached hydrogens (tertiary/aromatic N) is 1. The van der Waals surface area contributed by atoms with Gasteiger partial charge in [-0.1, -0.05) is 6.42 Å². The van der Waals surface area contributed by atoms with Crippen LogP contribution in [-0.2, 0) is 4.79 Å². The number of carbonyl (C=O) groups is 2. The zero-order valence-corrected chi connectivity index (χ0v) is 13.0. The van der Waals surface area contributed by atoms with E-state index in [9.17, 15) is 9.59 Å². The number of aromatic nitrogens is 1. The second kappa shape index (κ2) is 7.47. The lowest BCUT2D eigenvalue weighted by Crippen LogP contribution is -2.34. The molecule has 0 bridgehead atoms. The molecule has 0 aromatic carbocycles. The monoisotopic (exact) mass is 341 g/mol. The number of halogens is 1. The molecule has 20 heavy (non-hydrogen) atoms. The predicted molar refractivity (Wildman–Crippen MR) is 80.5 cm³/mol. The van der Waals surface area contributed by atoms with Gasteiger partial charge in [-0.3, -0.25) is 9.59 Å². The van der Waals surface area contributed by atoms with Gasteiger partial charge in [-0.15, -0.1) is 0 Å². The van der Waals surface area contributed by atoms with Crippen LogP contribution in [0.1, 0.15) is 42.6 Å². The molecule has 1 aliphatic rings. The molecular formula is C14H20BrN3O2. The van der Waals surface area contributed by atoms with Crippen molar-refractivity contribution in [1.82, 2.24) is 15.2 Å². The van der Waals surface area contributed by atoms with Gasteiger partial charge in [0.1, 0.15) is 5.69 Å². The van der Waals surface area contributed by atoms with Crippen LogP contribution in [0, 0.1) is 0 Å². The number of likely N-dealkylation sites (tertiary alicyclic amines) is 1. The third kappa shape index (κ3) is 4.37. The van der Waals surface area contributed by atoms with E-state index < -0.39 is 0 Å². The van der Waals surface area contributed by atoms with Gasteiger partial charge >= 0.3 is 0 Å². The maximum atomic E-state index is 11.8. The molecule has 1 saturated heterocycles. The van der Waals surface area contributed by atoms with Crippen LogP contribution in [0.2, 0.25) is 0 Å². The van der Waals surface area contributed by atoms with Crippen LogP contribution in [0.4, 0.5) is 0 Å². The molecule has 6 heteroatoms. The zero-order chi connectivity index (χ0) is 14.4.